The van der Waals surface area contributed by atoms with Gasteiger partial charge in [-0.1, -0.05) is 84.6 Å². The van der Waals surface area contributed by atoms with E-state index in [4.69, 9.17) is 28.4 Å². The molecule has 1 spiro atoms. The molecule has 0 aliphatic carbocycles. The lowest BCUT2D eigenvalue weighted by Gasteiger charge is -2.51. The smallest absolute Gasteiger partial charge is 0.225 e. The molecule has 260 valence electrons. The monoisotopic (exact) mass is 666 g/mol. The van der Waals surface area contributed by atoms with Gasteiger partial charge < -0.3 is 28.4 Å². The van der Waals surface area contributed by atoms with Gasteiger partial charge in [0.05, 0.1) is 13.2 Å². The highest BCUT2D eigenvalue weighted by atomic mass is 32.1. The van der Waals surface area contributed by atoms with Gasteiger partial charge in [0.25, 0.3) is 0 Å². The van der Waals surface area contributed by atoms with Gasteiger partial charge in [0, 0.05) is 36.7 Å². The summed E-state index contributed by atoms with van der Waals surface area (Å²) in [5.74, 6) is -1.11. The van der Waals surface area contributed by atoms with Crippen molar-refractivity contribution in [3.05, 3.63) is 69.6 Å². The zero-order chi connectivity index (χ0) is 33.1. The fourth-order valence-corrected chi connectivity index (χ4v) is 7.67. The van der Waals surface area contributed by atoms with E-state index in [1.165, 1.54) is 26.8 Å². The van der Waals surface area contributed by atoms with Crippen LogP contribution in [0, 0.1) is 0 Å². The van der Waals surface area contributed by atoms with Gasteiger partial charge in [-0.05, 0) is 83.7 Å². The Morgan fingerprint density at radius 1 is 0.766 bits per heavy atom. The first-order chi connectivity index (χ1) is 23.1. The molecule has 6 nitrogen and oxygen atoms in total. The first kappa shape index (κ1) is 36.4. The molecule has 0 saturated carbocycles. The van der Waals surface area contributed by atoms with Crippen molar-refractivity contribution in [2.75, 3.05) is 33.0 Å². The zero-order valence-corrected chi connectivity index (χ0v) is 30.3. The van der Waals surface area contributed by atoms with Crippen molar-refractivity contribution in [2.45, 2.75) is 136 Å². The molecule has 7 heteroatoms. The van der Waals surface area contributed by atoms with E-state index in [1.54, 1.807) is 0 Å². The second-order valence-electron chi connectivity index (χ2n) is 13.2. The van der Waals surface area contributed by atoms with Crippen LogP contribution >= 0.6 is 11.3 Å². The molecule has 3 heterocycles. The van der Waals surface area contributed by atoms with Crippen LogP contribution in [-0.4, -0.2) is 57.5 Å². The minimum atomic E-state index is -1.11. The summed E-state index contributed by atoms with van der Waals surface area (Å²) in [6, 6.07) is 13.7. The van der Waals surface area contributed by atoms with Crippen molar-refractivity contribution >= 4 is 21.4 Å². The van der Waals surface area contributed by atoms with Gasteiger partial charge in [-0.2, -0.15) is 0 Å². The molecule has 5 atom stereocenters. The van der Waals surface area contributed by atoms with Gasteiger partial charge >= 0.3 is 0 Å². The maximum atomic E-state index is 7.20. The Labute approximate surface area is 287 Å². The SMILES string of the molecule is CCCCOC[C@H]1O[C@]2(OCc3cc4scc(Cc5ccc(CC)cc5)c4cc32)[C@H](OCCCC)[C@@H](OCCCC)[C@@H]1OCCCC. The molecule has 1 saturated heterocycles. The standard InChI is InChI=1S/C40H58O6S/c1-6-11-19-41-27-35-37(42-20-12-7-2)38(43-21-13-8-3)39(44-22-14-9-4)40(46-35)34-25-33-32(23-30-17-15-29(10-5)16-18-30)28-47-36(33)24-31(34)26-45-40/h15-18,24-25,28,35,37-39H,6-14,19-23,26-27H2,1-5H3/t35-,37-,38+,39-,40+/m1/s1. The molecule has 0 N–H and O–H groups in total. The van der Waals surface area contributed by atoms with Crippen molar-refractivity contribution in [2.24, 2.45) is 0 Å². The lowest BCUT2D eigenvalue weighted by Crippen LogP contribution is -2.66. The van der Waals surface area contributed by atoms with E-state index < -0.39 is 11.9 Å². The van der Waals surface area contributed by atoms with Crippen LogP contribution in [0.1, 0.15) is 114 Å². The third-order valence-electron chi connectivity index (χ3n) is 9.55. The number of ether oxygens (including phenoxy) is 6. The summed E-state index contributed by atoms with van der Waals surface area (Å²) >= 11 is 1.81. The summed E-state index contributed by atoms with van der Waals surface area (Å²) in [5, 5.41) is 3.58. The second kappa shape index (κ2) is 18.2. The normalized spacial score (nSPS) is 24.0. The number of thiophene rings is 1. The van der Waals surface area contributed by atoms with Crippen molar-refractivity contribution in [3.63, 3.8) is 0 Å². The predicted octanol–water partition coefficient (Wildman–Crippen LogP) is 9.51. The van der Waals surface area contributed by atoms with Crippen LogP contribution in [-0.2, 0) is 53.7 Å². The third-order valence-corrected chi connectivity index (χ3v) is 10.5. The number of fused-ring (bicyclic) bond motifs is 3. The lowest BCUT2D eigenvalue weighted by atomic mass is 9.86. The average molecular weight is 667 g/mol. The molecule has 5 rings (SSSR count). The summed E-state index contributed by atoms with van der Waals surface area (Å²) in [5.41, 5.74) is 6.23. The van der Waals surface area contributed by atoms with E-state index >= 15 is 0 Å². The molecule has 47 heavy (non-hydrogen) atoms. The van der Waals surface area contributed by atoms with Gasteiger partial charge in [0.1, 0.15) is 24.4 Å². The maximum Gasteiger partial charge on any atom is 0.225 e. The number of rotatable bonds is 20. The minimum absolute atomic E-state index is 0.323. The highest BCUT2D eigenvalue weighted by Gasteiger charge is 2.61. The molecule has 2 aliphatic heterocycles. The van der Waals surface area contributed by atoms with Crippen molar-refractivity contribution in [1.29, 1.82) is 0 Å². The van der Waals surface area contributed by atoms with Crippen LogP contribution in [0.5, 0.6) is 0 Å². The molecule has 1 aromatic heterocycles. The summed E-state index contributed by atoms with van der Waals surface area (Å²) in [4.78, 5) is 0. The highest BCUT2D eigenvalue weighted by Crippen LogP contribution is 2.50. The Bertz CT molecular complexity index is 1350. The predicted molar refractivity (Wildman–Crippen MR) is 191 cm³/mol. The minimum Gasteiger partial charge on any atom is -0.379 e. The lowest BCUT2D eigenvalue weighted by molar-refractivity contribution is -0.384. The van der Waals surface area contributed by atoms with E-state index in [2.05, 4.69) is 76.4 Å². The van der Waals surface area contributed by atoms with Gasteiger partial charge in [0.15, 0.2) is 0 Å². The molecule has 0 unspecified atom stereocenters. The number of benzene rings is 2. The molecule has 2 aliphatic rings. The summed E-state index contributed by atoms with van der Waals surface area (Å²) in [7, 11) is 0. The van der Waals surface area contributed by atoms with E-state index in [1.807, 2.05) is 11.3 Å². The quantitative estimate of drug-likeness (QED) is 0.112. The molecule has 0 radical (unpaired) electrons. The molecule has 3 aromatic rings. The summed E-state index contributed by atoms with van der Waals surface area (Å²) in [6.45, 7) is 14.4. The average Bonchev–Trinajstić information content (AvgIpc) is 3.65. The van der Waals surface area contributed by atoms with Crippen LogP contribution in [0.4, 0.5) is 0 Å². The first-order valence-electron chi connectivity index (χ1n) is 18.4. The fourth-order valence-electron chi connectivity index (χ4n) is 6.66. The molecule has 0 amide bonds. The van der Waals surface area contributed by atoms with E-state index in [-0.39, 0.29) is 18.3 Å². The van der Waals surface area contributed by atoms with Crippen LogP contribution in [0.25, 0.3) is 10.1 Å². The van der Waals surface area contributed by atoms with Crippen molar-refractivity contribution < 1.29 is 28.4 Å². The highest BCUT2D eigenvalue weighted by molar-refractivity contribution is 7.17. The summed E-state index contributed by atoms with van der Waals surface area (Å²) in [6.07, 6.45) is 8.58. The molecular formula is C40H58O6S. The topological polar surface area (TPSA) is 55.4 Å². The Balaban J connectivity index is 1.55. The van der Waals surface area contributed by atoms with Gasteiger partial charge in [0.2, 0.25) is 5.79 Å². The maximum absolute atomic E-state index is 7.20. The Hall–Kier alpha value is -1.84. The molecule has 0 bridgehead atoms. The van der Waals surface area contributed by atoms with Crippen LogP contribution in [0.3, 0.4) is 0 Å². The first-order valence-corrected chi connectivity index (χ1v) is 19.3. The zero-order valence-electron chi connectivity index (χ0n) is 29.5. The number of hydrogen-bond acceptors (Lipinski definition) is 7. The van der Waals surface area contributed by atoms with Crippen molar-refractivity contribution in [1.82, 2.24) is 0 Å². The van der Waals surface area contributed by atoms with Gasteiger partial charge in [-0.25, -0.2) is 0 Å². The van der Waals surface area contributed by atoms with Gasteiger partial charge in [-0.15, -0.1) is 11.3 Å². The third kappa shape index (κ3) is 8.67. The second-order valence-corrected chi connectivity index (χ2v) is 14.1. The Kier molecular flexibility index (Phi) is 14.1. The Morgan fingerprint density at radius 3 is 2.09 bits per heavy atom. The van der Waals surface area contributed by atoms with E-state index in [0.29, 0.717) is 39.6 Å². The number of unbranched alkanes of at least 4 members (excludes halogenated alkanes) is 4. The molecule has 2 aromatic carbocycles. The molecule has 1 fully saturated rings. The van der Waals surface area contributed by atoms with E-state index in [0.717, 1.165) is 75.3 Å². The molecular weight excluding hydrogens is 609 g/mol. The number of aryl methyl sites for hydroxylation is 1. The van der Waals surface area contributed by atoms with Gasteiger partial charge in [-0.3, -0.25) is 0 Å². The number of hydrogen-bond donors (Lipinski definition) is 0. The fraction of sp³-hybridized carbons (Fsp3) is 0.650. The van der Waals surface area contributed by atoms with Crippen molar-refractivity contribution in [3.8, 4) is 0 Å². The van der Waals surface area contributed by atoms with Crippen LogP contribution in [0.2, 0.25) is 0 Å². The van der Waals surface area contributed by atoms with Crippen LogP contribution in [0.15, 0.2) is 41.8 Å². The largest absolute Gasteiger partial charge is 0.379 e. The van der Waals surface area contributed by atoms with Crippen LogP contribution < -0.4 is 0 Å². The Morgan fingerprint density at radius 2 is 1.40 bits per heavy atom. The van der Waals surface area contributed by atoms with E-state index in [9.17, 15) is 0 Å². The summed E-state index contributed by atoms with van der Waals surface area (Å²) < 4.78 is 41.9.